The molecular weight excluding hydrogens is 749 g/mol. The highest BCUT2D eigenvalue weighted by atomic mass is 32.1. The van der Waals surface area contributed by atoms with Gasteiger partial charge in [0.1, 0.15) is 5.52 Å². The molecule has 0 bridgehead atoms. The molecular formula is C56H38N2OS. The number of nitrogens with zero attached hydrogens (tertiary/aromatic N) is 2. The molecule has 3 nitrogen and oxygen atoms in total. The van der Waals surface area contributed by atoms with Crippen LogP contribution in [0.4, 0.5) is 17.1 Å². The molecule has 0 N–H and O–H groups in total. The molecule has 9 aromatic carbocycles. The van der Waals surface area contributed by atoms with E-state index in [9.17, 15) is 0 Å². The molecule has 0 unspecified atom stereocenters. The normalized spacial score (nSPS) is 13.0. The Bertz CT molecular complexity index is 3450. The maximum atomic E-state index is 6.37. The molecule has 4 heteroatoms. The molecule has 0 saturated heterocycles. The van der Waals surface area contributed by atoms with Gasteiger partial charge in [-0.2, -0.15) is 0 Å². The van der Waals surface area contributed by atoms with E-state index in [1.165, 1.54) is 69.9 Å². The van der Waals surface area contributed by atoms with Crippen molar-refractivity contribution in [3.8, 4) is 44.8 Å². The highest BCUT2D eigenvalue weighted by Gasteiger charge is 2.36. The standard InChI is InChI=1S/C56H38N2OS/c1-56(2)46-20-10-9-18-43(46)44-31-29-41(34-47(44)56)58(40-27-23-36(24-28-40)35-13-5-3-6-14-35)49-21-12-22-51-53(49)45-30-25-37-17-11-19-42(52(37)54(45)60-51)39-26-32-48-50(33-39)59-55(57-48)38-15-7-4-8-16-38/h3-34H,1-2H3. The summed E-state index contributed by atoms with van der Waals surface area (Å²) in [7, 11) is 0. The minimum Gasteiger partial charge on any atom is -0.436 e. The molecule has 0 spiro atoms. The Morgan fingerprint density at radius 2 is 1.18 bits per heavy atom. The second-order valence-corrected chi connectivity index (χ2v) is 17.4. The van der Waals surface area contributed by atoms with Crippen LogP contribution in [0.5, 0.6) is 0 Å². The first-order valence-corrected chi connectivity index (χ1v) is 21.3. The first kappa shape index (κ1) is 34.7. The molecule has 0 aliphatic heterocycles. The molecule has 284 valence electrons. The number of benzene rings is 9. The Labute approximate surface area is 352 Å². The molecule has 0 radical (unpaired) electrons. The van der Waals surface area contributed by atoms with Crippen LogP contribution in [0.15, 0.2) is 199 Å². The van der Waals surface area contributed by atoms with Crippen molar-refractivity contribution >= 4 is 70.4 Å². The third kappa shape index (κ3) is 5.38. The van der Waals surface area contributed by atoms with Crippen LogP contribution in [0.1, 0.15) is 25.0 Å². The lowest BCUT2D eigenvalue weighted by Crippen LogP contribution is -2.16. The van der Waals surface area contributed by atoms with Gasteiger partial charge in [-0.3, -0.25) is 0 Å². The summed E-state index contributed by atoms with van der Waals surface area (Å²) in [6.45, 7) is 4.72. The van der Waals surface area contributed by atoms with Gasteiger partial charge in [-0.1, -0.05) is 147 Å². The number of oxazole rings is 1. The fraction of sp³-hybridized carbons (Fsp3) is 0.0536. The zero-order valence-corrected chi connectivity index (χ0v) is 34.0. The van der Waals surface area contributed by atoms with Crippen LogP contribution in [0.2, 0.25) is 0 Å². The summed E-state index contributed by atoms with van der Waals surface area (Å²) in [5.41, 5.74) is 16.0. The molecule has 11 aromatic rings. The van der Waals surface area contributed by atoms with Crippen LogP contribution in [0, 0.1) is 0 Å². The zero-order chi connectivity index (χ0) is 40.0. The third-order valence-electron chi connectivity index (χ3n) is 12.5. The number of anilines is 3. The molecule has 0 atom stereocenters. The smallest absolute Gasteiger partial charge is 0.227 e. The fourth-order valence-electron chi connectivity index (χ4n) is 9.55. The lowest BCUT2D eigenvalue weighted by Gasteiger charge is -2.29. The minimum atomic E-state index is -0.126. The maximum absolute atomic E-state index is 6.37. The Morgan fingerprint density at radius 1 is 0.500 bits per heavy atom. The Balaban J connectivity index is 1.05. The van der Waals surface area contributed by atoms with Crippen LogP contribution < -0.4 is 4.90 Å². The van der Waals surface area contributed by atoms with E-state index in [1.807, 2.05) is 41.7 Å². The average Bonchev–Trinajstić information content (AvgIpc) is 3.98. The van der Waals surface area contributed by atoms with Gasteiger partial charge in [0.25, 0.3) is 0 Å². The maximum Gasteiger partial charge on any atom is 0.227 e. The van der Waals surface area contributed by atoms with Crippen LogP contribution >= 0.6 is 11.3 Å². The summed E-state index contributed by atoms with van der Waals surface area (Å²) in [5, 5.41) is 4.96. The van der Waals surface area contributed by atoms with Crippen molar-refractivity contribution in [2.45, 2.75) is 19.3 Å². The lowest BCUT2D eigenvalue weighted by atomic mass is 9.82. The van der Waals surface area contributed by atoms with E-state index in [0.29, 0.717) is 5.89 Å². The summed E-state index contributed by atoms with van der Waals surface area (Å²) in [6, 6.07) is 70.2. The number of fused-ring (bicyclic) bond motifs is 9. The van der Waals surface area contributed by atoms with Gasteiger partial charge >= 0.3 is 0 Å². The number of thiophene rings is 1. The van der Waals surface area contributed by atoms with E-state index >= 15 is 0 Å². The van der Waals surface area contributed by atoms with Crippen molar-refractivity contribution < 1.29 is 4.42 Å². The van der Waals surface area contributed by atoms with Crippen molar-refractivity contribution in [3.63, 3.8) is 0 Å². The molecule has 60 heavy (non-hydrogen) atoms. The second kappa shape index (κ2) is 13.4. The van der Waals surface area contributed by atoms with Gasteiger partial charge in [-0.15, -0.1) is 11.3 Å². The van der Waals surface area contributed by atoms with Crippen molar-refractivity contribution in [1.29, 1.82) is 0 Å². The molecule has 0 saturated carbocycles. The summed E-state index contributed by atoms with van der Waals surface area (Å²) < 4.78 is 8.90. The lowest BCUT2D eigenvalue weighted by molar-refractivity contribution is 0.620. The fourth-order valence-corrected chi connectivity index (χ4v) is 10.8. The van der Waals surface area contributed by atoms with Gasteiger partial charge in [-0.05, 0) is 111 Å². The highest BCUT2D eigenvalue weighted by molar-refractivity contribution is 7.26. The quantitative estimate of drug-likeness (QED) is 0.168. The predicted molar refractivity (Wildman–Crippen MR) is 253 cm³/mol. The number of rotatable bonds is 6. The summed E-state index contributed by atoms with van der Waals surface area (Å²) in [5.74, 6) is 0.635. The predicted octanol–water partition coefficient (Wildman–Crippen LogP) is 16.1. The molecule has 2 heterocycles. The van der Waals surface area contributed by atoms with Gasteiger partial charge in [0.05, 0.1) is 5.69 Å². The van der Waals surface area contributed by atoms with Crippen LogP contribution in [-0.2, 0) is 5.41 Å². The van der Waals surface area contributed by atoms with Crippen LogP contribution in [0.3, 0.4) is 0 Å². The van der Waals surface area contributed by atoms with Gasteiger partial charge < -0.3 is 9.32 Å². The minimum absolute atomic E-state index is 0.126. The Kier molecular flexibility index (Phi) is 7.75. The van der Waals surface area contributed by atoms with E-state index in [2.05, 4.69) is 183 Å². The first-order valence-electron chi connectivity index (χ1n) is 20.5. The monoisotopic (exact) mass is 786 g/mol. The van der Waals surface area contributed by atoms with Crippen LogP contribution in [0.25, 0.3) is 86.9 Å². The van der Waals surface area contributed by atoms with Crippen molar-refractivity contribution in [2.75, 3.05) is 4.90 Å². The van der Waals surface area contributed by atoms with E-state index in [4.69, 9.17) is 9.40 Å². The van der Waals surface area contributed by atoms with E-state index in [0.717, 1.165) is 39.3 Å². The average molecular weight is 787 g/mol. The van der Waals surface area contributed by atoms with E-state index in [-0.39, 0.29) is 5.41 Å². The highest BCUT2D eigenvalue weighted by Crippen LogP contribution is 2.52. The molecule has 12 rings (SSSR count). The van der Waals surface area contributed by atoms with Crippen molar-refractivity contribution in [1.82, 2.24) is 4.98 Å². The number of aromatic nitrogens is 1. The van der Waals surface area contributed by atoms with E-state index < -0.39 is 0 Å². The molecule has 0 amide bonds. The molecule has 2 aromatic heterocycles. The second-order valence-electron chi connectivity index (χ2n) is 16.3. The summed E-state index contributed by atoms with van der Waals surface area (Å²) >= 11 is 1.88. The SMILES string of the molecule is CC1(C)c2ccccc2-c2ccc(N(c3ccc(-c4ccccc4)cc3)c3cccc4sc5c(ccc6cccc(-c7ccc8nc(-c9ccccc9)oc8c7)c65)c34)cc21. The number of hydrogen-bond acceptors (Lipinski definition) is 4. The largest absolute Gasteiger partial charge is 0.436 e. The Morgan fingerprint density at radius 3 is 2.02 bits per heavy atom. The Hall–Kier alpha value is -7.27. The molecule has 0 fully saturated rings. The van der Waals surface area contributed by atoms with Crippen molar-refractivity contribution in [2.24, 2.45) is 0 Å². The van der Waals surface area contributed by atoms with Crippen molar-refractivity contribution in [3.05, 3.63) is 205 Å². The molecule has 1 aliphatic rings. The summed E-state index contributed by atoms with van der Waals surface area (Å²) in [6.07, 6.45) is 0. The van der Waals surface area contributed by atoms with Gasteiger partial charge in [0, 0.05) is 47.9 Å². The van der Waals surface area contributed by atoms with Gasteiger partial charge in [0.15, 0.2) is 5.58 Å². The van der Waals surface area contributed by atoms with E-state index in [1.54, 1.807) is 0 Å². The van der Waals surface area contributed by atoms with Crippen LogP contribution in [-0.4, -0.2) is 4.98 Å². The summed E-state index contributed by atoms with van der Waals surface area (Å²) in [4.78, 5) is 7.30. The first-order chi connectivity index (χ1) is 29.5. The zero-order valence-electron chi connectivity index (χ0n) is 33.2. The van der Waals surface area contributed by atoms with Gasteiger partial charge in [-0.25, -0.2) is 4.98 Å². The number of hydrogen-bond donors (Lipinski definition) is 0. The topological polar surface area (TPSA) is 29.3 Å². The van der Waals surface area contributed by atoms with Gasteiger partial charge in [0.2, 0.25) is 5.89 Å². The molecule has 1 aliphatic carbocycles. The third-order valence-corrected chi connectivity index (χ3v) is 13.7.